The van der Waals surface area contributed by atoms with Crippen LogP contribution in [-0.2, 0) is 14.4 Å². The van der Waals surface area contributed by atoms with Crippen LogP contribution in [-0.4, -0.2) is 60.7 Å². The summed E-state index contributed by atoms with van der Waals surface area (Å²) in [7, 11) is 3.18. The number of piperidine rings is 1. The second kappa shape index (κ2) is 5.77. The molecule has 1 unspecified atom stereocenters. The van der Waals surface area contributed by atoms with Gasteiger partial charge >= 0.3 is 0 Å². The van der Waals surface area contributed by atoms with Crippen molar-refractivity contribution in [3.05, 3.63) is 0 Å². The number of hydrogen-bond acceptors (Lipinski definition) is 4. The molecule has 6 nitrogen and oxygen atoms in total. The van der Waals surface area contributed by atoms with Gasteiger partial charge in [0.2, 0.25) is 17.7 Å². The smallest absolute Gasteiger partial charge is 0.246 e. The van der Waals surface area contributed by atoms with Crippen molar-refractivity contribution in [2.45, 2.75) is 25.8 Å². The first-order valence-electron chi connectivity index (χ1n) is 5.75. The molecule has 0 aromatic heterocycles. The Labute approximate surface area is 101 Å². The van der Waals surface area contributed by atoms with Gasteiger partial charge in [-0.05, 0) is 13.3 Å². The monoisotopic (exact) mass is 241 g/mol. The summed E-state index contributed by atoms with van der Waals surface area (Å²) in [5.74, 6) is -0.474. The highest BCUT2D eigenvalue weighted by Crippen LogP contribution is 2.10. The zero-order valence-electron chi connectivity index (χ0n) is 10.5. The molecule has 1 N–H and O–H groups in total. The lowest BCUT2D eigenvalue weighted by molar-refractivity contribution is -0.148. The van der Waals surface area contributed by atoms with Crippen LogP contribution >= 0.6 is 0 Å². The van der Waals surface area contributed by atoms with Crippen molar-refractivity contribution >= 4 is 17.7 Å². The van der Waals surface area contributed by atoms with E-state index in [1.165, 1.54) is 7.05 Å². The van der Waals surface area contributed by atoms with Gasteiger partial charge in [-0.15, -0.1) is 0 Å². The zero-order chi connectivity index (χ0) is 13.0. The van der Waals surface area contributed by atoms with Crippen LogP contribution in [0, 0.1) is 0 Å². The summed E-state index contributed by atoms with van der Waals surface area (Å²) in [5.41, 5.74) is 0. The van der Waals surface area contributed by atoms with E-state index in [1.807, 2.05) is 6.92 Å². The summed E-state index contributed by atoms with van der Waals surface area (Å²) in [5, 5.41) is 2.90. The molecule has 6 heteroatoms. The third-order valence-corrected chi connectivity index (χ3v) is 3.05. The van der Waals surface area contributed by atoms with Crippen LogP contribution in [0.1, 0.15) is 19.8 Å². The second-order valence-electron chi connectivity index (χ2n) is 4.17. The van der Waals surface area contributed by atoms with Gasteiger partial charge in [-0.2, -0.15) is 0 Å². The summed E-state index contributed by atoms with van der Waals surface area (Å²) in [6.07, 6.45) is 0.808. The molecule has 0 aliphatic carbocycles. The van der Waals surface area contributed by atoms with Crippen LogP contribution in [0.5, 0.6) is 0 Å². The molecule has 0 bridgehead atoms. The van der Waals surface area contributed by atoms with Crippen LogP contribution in [0.25, 0.3) is 0 Å². The Morgan fingerprint density at radius 2 is 2.18 bits per heavy atom. The Bertz CT molecular complexity index is 330. The fourth-order valence-corrected chi connectivity index (χ4v) is 1.63. The number of rotatable bonds is 4. The molecular weight excluding hydrogens is 222 g/mol. The molecule has 0 aromatic rings. The standard InChI is InChI=1S/C11H19N3O3/c1-4-13(2)10(16)7-12-8-5-6-9(15)14(3)11(8)17/h8,12H,4-7H2,1-3H3. The Kier molecular flexibility index (Phi) is 4.62. The largest absolute Gasteiger partial charge is 0.345 e. The maximum Gasteiger partial charge on any atom is 0.246 e. The molecule has 1 atom stereocenters. The Balaban J connectivity index is 2.45. The molecule has 3 amide bonds. The number of imide groups is 1. The molecule has 0 aromatic carbocycles. The van der Waals surface area contributed by atoms with Crippen molar-refractivity contribution in [1.29, 1.82) is 0 Å². The molecule has 0 saturated carbocycles. The van der Waals surface area contributed by atoms with Crippen molar-refractivity contribution < 1.29 is 14.4 Å². The summed E-state index contributed by atoms with van der Waals surface area (Å²) in [6.45, 7) is 2.65. The van der Waals surface area contributed by atoms with Gasteiger partial charge < -0.3 is 4.90 Å². The molecule has 1 aliphatic rings. The number of nitrogens with one attached hydrogen (secondary N) is 1. The average molecular weight is 241 g/mol. The fourth-order valence-electron chi connectivity index (χ4n) is 1.63. The average Bonchev–Trinajstić information content (AvgIpc) is 2.33. The molecule has 17 heavy (non-hydrogen) atoms. The van der Waals surface area contributed by atoms with Gasteiger partial charge in [-0.25, -0.2) is 0 Å². The first-order valence-corrected chi connectivity index (χ1v) is 5.75. The quantitative estimate of drug-likeness (QED) is 0.654. The van der Waals surface area contributed by atoms with Crippen molar-refractivity contribution in [3.63, 3.8) is 0 Å². The van der Waals surface area contributed by atoms with Crippen molar-refractivity contribution in [2.24, 2.45) is 0 Å². The van der Waals surface area contributed by atoms with Gasteiger partial charge in [0.15, 0.2) is 0 Å². The molecular formula is C11H19N3O3. The summed E-state index contributed by atoms with van der Waals surface area (Å²) < 4.78 is 0. The van der Waals surface area contributed by atoms with Gasteiger partial charge in [0.1, 0.15) is 0 Å². The van der Waals surface area contributed by atoms with Gasteiger partial charge in [0.05, 0.1) is 12.6 Å². The Hall–Kier alpha value is -1.43. The number of likely N-dealkylation sites (N-methyl/N-ethyl adjacent to an activating group) is 2. The van der Waals surface area contributed by atoms with Gasteiger partial charge in [-0.3, -0.25) is 24.6 Å². The van der Waals surface area contributed by atoms with E-state index >= 15 is 0 Å². The lowest BCUT2D eigenvalue weighted by Gasteiger charge is -2.28. The molecule has 1 heterocycles. The van der Waals surface area contributed by atoms with Gasteiger partial charge in [-0.1, -0.05) is 0 Å². The number of carbonyl (C=O) groups excluding carboxylic acids is 3. The maximum absolute atomic E-state index is 11.7. The molecule has 0 radical (unpaired) electrons. The number of likely N-dealkylation sites (tertiary alicyclic amines) is 1. The van der Waals surface area contributed by atoms with E-state index in [-0.39, 0.29) is 24.3 Å². The molecule has 1 fully saturated rings. The van der Waals surface area contributed by atoms with E-state index < -0.39 is 6.04 Å². The third kappa shape index (κ3) is 3.26. The van der Waals surface area contributed by atoms with E-state index in [0.717, 1.165) is 4.90 Å². The number of hydrogen-bond donors (Lipinski definition) is 1. The highest BCUT2D eigenvalue weighted by molar-refractivity contribution is 6.00. The van der Waals surface area contributed by atoms with Crippen LogP contribution in [0.15, 0.2) is 0 Å². The summed E-state index contributed by atoms with van der Waals surface area (Å²) >= 11 is 0. The van der Waals surface area contributed by atoms with E-state index in [9.17, 15) is 14.4 Å². The van der Waals surface area contributed by atoms with Crippen molar-refractivity contribution in [1.82, 2.24) is 15.1 Å². The number of carbonyl (C=O) groups is 3. The first-order chi connectivity index (χ1) is 7.97. The van der Waals surface area contributed by atoms with Gasteiger partial charge in [0.25, 0.3) is 0 Å². The topological polar surface area (TPSA) is 69.7 Å². The fraction of sp³-hybridized carbons (Fsp3) is 0.727. The zero-order valence-corrected chi connectivity index (χ0v) is 10.5. The minimum Gasteiger partial charge on any atom is -0.345 e. The first kappa shape index (κ1) is 13.6. The Morgan fingerprint density at radius 3 is 2.76 bits per heavy atom. The molecule has 1 rings (SSSR count). The highest BCUT2D eigenvalue weighted by atomic mass is 16.2. The van der Waals surface area contributed by atoms with E-state index in [1.54, 1.807) is 11.9 Å². The SMILES string of the molecule is CCN(C)C(=O)CNC1CCC(=O)N(C)C1=O. The number of nitrogens with zero attached hydrogens (tertiary/aromatic N) is 2. The second-order valence-corrected chi connectivity index (χ2v) is 4.17. The predicted molar refractivity (Wildman–Crippen MR) is 62.1 cm³/mol. The van der Waals surface area contributed by atoms with Crippen LogP contribution < -0.4 is 5.32 Å². The minimum absolute atomic E-state index is 0.0557. The van der Waals surface area contributed by atoms with Crippen LogP contribution in [0.3, 0.4) is 0 Å². The minimum atomic E-state index is -0.424. The molecule has 1 saturated heterocycles. The molecule has 0 spiro atoms. The predicted octanol–water partition coefficient (Wildman–Crippen LogP) is -0.798. The summed E-state index contributed by atoms with van der Waals surface area (Å²) in [4.78, 5) is 37.2. The molecule has 1 aliphatic heterocycles. The maximum atomic E-state index is 11.7. The number of amides is 3. The normalized spacial score (nSPS) is 20.6. The molecule has 96 valence electrons. The van der Waals surface area contributed by atoms with Crippen LogP contribution in [0.2, 0.25) is 0 Å². The van der Waals surface area contributed by atoms with Crippen LogP contribution in [0.4, 0.5) is 0 Å². The highest BCUT2D eigenvalue weighted by Gasteiger charge is 2.31. The lowest BCUT2D eigenvalue weighted by atomic mass is 10.0. The van der Waals surface area contributed by atoms with E-state index in [4.69, 9.17) is 0 Å². The third-order valence-electron chi connectivity index (χ3n) is 3.05. The van der Waals surface area contributed by atoms with Crippen molar-refractivity contribution in [2.75, 3.05) is 27.2 Å². The van der Waals surface area contributed by atoms with E-state index in [0.29, 0.717) is 19.4 Å². The van der Waals surface area contributed by atoms with Gasteiger partial charge in [0, 0.05) is 27.1 Å². The van der Waals surface area contributed by atoms with Crippen molar-refractivity contribution in [3.8, 4) is 0 Å². The lowest BCUT2D eigenvalue weighted by Crippen LogP contribution is -2.53. The Morgan fingerprint density at radius 1 is 1.53 bits per heavy atom. The van der Waals surface area contributed by atoms with E-state index in [2.05, 4.69) is 5.32 Å². The summed E-state index contributed by atoms with van der Waals surface area (Å²) in [6, 6.07) is -0.424.